The minimum atomic E-state index is -5.38. The molecule has 0 aromatic heterocycles. The molecular weight excluding hydrogens is 365 g/mol. The van der Waals surface area contributed by atoms with Crippen molar-refractivity contribution in [3.05, 3.63) is 11.3 Å². The van der Waals surface area contributed by atoms with E-state index in [0.717, 1.165) is 7.11 Å². The molecule has 1 aliphatic rings. The number of halogens is 5. The predicted molar refractivity (Wildman–Crippen MR) is 77.8 cm³/mol. The third kappa shape index (κ3) is 3.57. The number of methoxy groups -OCH3 is 1. The summed E-state index contributed by atoms with van der Waals surface area (Å²) >= 11 is 0. The fourth-order valence-corrected chi connectivity index (χ4v) is 3.07. The molecule has 0 aromatic carbocycles. The third-order valence-corrected chi connectivity index (χ3v) is 4.08. The highest BCUT2D eigenvalue weighted by atomic mass is 19.4. The Morgan fingerprint density at radius 3 is 2.35 bits per heavy atom. The number of carboxylic acids is 1. The van der Waals surface area contributed by atoms with E-state index < -0.39 is 59.3 Å². The number of ether oxygens (including phenoxy) is 1. The van der Waals surface area contributed by atoms with Gasteiger partial charge in [0, 0.05) is 12.3 Å². The summed E-state index contributed by atoms with van der Waals surface area (Å²) in [6.45, 7) is 1.48. The van der Waals surface area contributed by atoms with Crippen molar-refractivity contribution in [1.29, 1.82) is 0 Å². The van der Waals surface area contributed by atoms with E-state index in [9.17, 15) is 36.6 Å². The molecular formula is C16H15F5NO4-. The van der Waals surface area contributed by atoms with Crippen LogP contribution in [-0.4, -0.2) is 37.4 Å². The number of carbonyl (C=O) groups is 2. The van der Waals surface area contributed by atoms with Crippen LogP contribution in [0.25, 0.3) is 0 Å². The largest absolute Gasteiger partial charge is 0.549 e. The number of aliphatic carboxylic acids is 1. The van der Waals surface area contributed by atoms with Crippen LogP contribution in [0.15, 0.2) is 16.3 Å². The van der Waals surface area contributed by atoms with E-state index in [1.165, 1.54) is 6.92 Å². The molecule has 0 aliphatic carbocycles. The van der Waals surface area contributed by atoms with Crippen molar-refractivity contribution >= 4 is 17.7 Å². The molecule has 1 rings (SSSR count). The molecule has 0 bridgehead atoms. The molecule has 1 heterocycles. The van der Waals surface area contributed by atoms with Gasteiger partial charge < -0.3 is 14.6 Å². The molecule has 2 unspecified atom stereocenters. The predicted octanol–water partition coefficient (Wildman–Crippen LogP) is 1.87. The lowest BCUT2D eigenvalue weighted by Gasteiger charge is -2.45. The number of aliphatic imine (C=N–C) groups is 1. The van der Waals surface area contributed by atoms with Crippen LogP contribution in [0.2, 0.25) is 0 Å². The van der Waals surface area contributed by atoms with Gasteiger partial charge in [0.2, 0.25) is 0 Å². The Kier molecular flexibility index (Phi) is 6.52. The van der Waals surface area contributed by atoms with Crippen molar-refractivity contribution in [3.8, 4) is 12.3 Å². The SMILES string of the molecule is C#CCC1(C(=O)[O-])C(C(F)(F)F)=NC(C(F)F)=C(C(=O)OC)C1CCC. The highest BCUT2D eigenvalue weighted by molar-refractivity contribution is 6.12. The van der Waals surface area contributed by atoms with E-state index in [4.69, 9.17) is 6.42 Å². The van der Waals surface area contributed by atoms with Gasteiger partial charge in [0.15, 0.2) is 0 Å². The number of rotatable bonds is 6. The van der Waals surface area contributed by atoms with Crippen molar-refractivity contribution in [2.75, 3.05) is 7.11 Å². The van der Waals surface area contributed by atoms with E-state index in [1.54, 1.807) is 0 Å². The Morgan fingerprint density at radius 1 is 1.42 bits per heavy atom. The number of alkyl halides is 5. The van der Waals surface area contributed by atoms with Crippen LogP contribution in [-0.2, 0) is 14.3 Å². The molecule has 0 fully saturated rings. The number of carboxylic acid groups (broad SMARTS) is 1. The molecule has 0 radical (unpaired) electrons. The molecule has 0 spiro atoms. The van der Waals surface area contributed by atoms with Crippen LogP contribution in [0.5, 0.6) is 0 Å². The third-order valence-electron chi connectivity index (χ3n) is 4.08. The van der Waals surface area contributed by atoms with Crippen molar-refractivity contribution in [1.82, 2.24) is 0 Å². The van der Waals surface area contributed by atoms with Gasteiger partial charge >= 0.3 is 12.1 Å². The molecule has 0 amide bonds. The number of allylic oxidation sites excluding steroid dienone is 1. The van der Waals surface area contributed by atoms with Gasteiger partial charge in [-0.05, 0) is 6.42 Å². The van der Waals surface area contributed by atoms with E-state index >= 15 is 0 Å². The van der Waals surface area contributed by atoms with Gasteiger partial charge in [0.25, 0.3) is 6.43 Å². The highest BCUT2D eigenvalue weighted by Gasteiger charge is 2.59. The zero-order valence-corrected chi connectivity index (χ0v) is 13.8. The highest BCUT2D eigenvalue weighted by Crippen LogP contribution is 2.50. The van der Waals surface area contributed by atoms with Gasteiger partial charge in [-0.25, -0.2) is 18.6 Å². The lowest BCUT2D eigenvalue weighted by molar-refractivity contribution is -0.318. The van der Waals surface area contributed by atoms with E-state index in [-0.39, 0.29) is 12.8 Å². The van der Waals surface area contributed by atoms with E-state index in [2.05, 4.69) is 9.73 Å². The van der Waals surface area contributed by atoms with Crippen LogP contribution in [0.1, 0.15) is 26.2 Å². The Morgan fingerprint density at radius 2 is 2.00 bits per heavy atom. The van der Waals surface area contributed by atoms with Crippen molar-refractivity contribution in [3.63, 3.8) is 0 Å². The molecule has 26 heavy (non-hydrogen) atoms. The molecule has 0 saturated heterocycles. The first-order valence-corrected chi connectivity index (χ1v) is 7.40. The van der Waals surface area contributed by atoms with Gasteiger partial charge in [-0.2, -0.15) is 13.2 Å². The second kappa shape index (κ2) is 7.85. The van der Waals surface area contributed by atoms with Gasteiger partial charge in [0.1, 0.15) is 11.4 Å². The average Bonchev–Trinajstić information content (AvgIpc) is 2.53. The van der Waals surface area contributed by atoms with Crippen molar-refractivity contribution < 1.29 is 41.4 Å². The smallest absolute Gasteiger partial charge is 0.430 e. The Balaban J connectivity index is 4.01. The monoisotopic (exact) mass is 380 g/mol. The molecule has 0 N–H and O–H groups in total. The molecule has 1 aliphatic heterocycles. The summed E-state index contributed by atoms with van der Waals surface area (Å²) in [6, 6.07) is 0. The number of hydrogen-bond acceptors (Lipinski definition) is 5. The van der Waals surface area contributed by atoms with Gasteiger partial charge in [-0.1, -0.05) is 13.3 Å². The summed E-state index contributed by atoms with van der Waals surface area (Å²) in [5.74, 6) is -3.67. The van der Waals surface area contributed by atoms with Crippen LogP contribution < -0.4 is 5.11 Å². The summed E-state index contributed by atoms with van der Waals surface area (Å²) in [4.78, 5) is 26.6. The molecule has 144 valence electrons. The number of nitrogens with zero attached hydrogens (tertiary/aromatic N) is 1. The van der Waals surface area contributed by atoms with Crippen LogP contribution in [0, 0.1) is 23.7 Å². The van der Waals surface area contributed by atoms with Crippen LogP contribution in [0.4, 0.5) is 22.0 Å². The lowest BCUT2D eigenvalue weighted by atomic mass is 9.62. The number of hydrogen-bond donors (Lipinski definition) is 0. The van der Waals surface area contributed by atoms with E-state index in [0.29, 0.717) is 0 Å². The number of terminal acetylenes is 1. The molecule has 0 aromatic rings. The summed E-state index contributed by atoms with van der Waals surface area (Å²) in [6.07, 6.45) is -5.22. The average molecular weight is 380 g/mol. The van der Waals surface area contributed by atoms with Crippen molar-refractivity contribution in [2.24, 2.45) is 16.3 Å². The maximum Gasteiger partial charge on any atom is 0.430 e. The number of esters is 1. The summed E-state index contributed by atoms with van der Waals surface area (Å²) in [5.41, 5.74) is -7.40. The summed E-state index contributed by atoms with van der Waals surface area (Å²) in [7, 11) is 0.826. The first kappa shape index (κ1) is 21.6. The van der Waals surface area contributed by atoms with E-state index in [1.807, 2.05) is 5.92 Å². The molecule has 2 atom stereocenters. The topological polar surface area (TPSA) is 78.8 Å². The minimum absolute atomic E-state index is 0.0758. The molecule has 5 nitrogen and oxygen atoms in total. The molecule has 0 saturated carbocycles. The standard InChI is InChI=1S/C16H16F5NO4/c1-4-6-8-9(12(23)26-3)10(11(17)18)22-13(16(19,20)21)15(8,7-5-2)14(24)25/h2,8,11H,4,6-7H2,1,3H3,(H,24,25)/p-1. The fraction of sp³-hybridized carbons (Fsp3) is 0.562. The summed E-state index contributed by atoms with van der Waals surface area (Å²) in [5, 5.41) is 11.8. The second-order valence-electron chi connectivity index (χ2n) is 5.53. The number of carbonyl (C=O) groups excluding carboxylic acids is 2. The minimum Gasteiger partial charge on any atom is -0.549 e. The Labute approximate surface area is 145 Å². The van der Waals surface area contributed by atoms with Gasteiger partial charge in [-0.3, -0.25) is 0 Å². The van der Waals surface area contributed by atoms with Crippen LogP contribution >= 0.6 is 0 Å². The first-order chi connectivity index (χ1) is 12.0. The van der Waals surface area contributed by atoms with Gasteiger partial charge in [0.05, 0.1) is 24.1 Å². The maximum atomic E-state index is 13.5. The van der Waals surface area contributed by atoms with Crippen molar-refractivity contribution in [2.45, 2.75) is 38.8 Å². The lowest BCUT2D eigenvalue weighted by Crippen LogP contribution is -2.59. The summed E-state index contributed by atoms with van der Waals surface area (Å²) < 4.78 is 71.6. The fourth-order valence-electron chi connectivity index (χ4n) is 3.07. The van der Waals surface area contributed by atoms with Crippen LogP contribution in [0.3, 0.4) is 0 Å². The van der Waals surface area contributed by atoms with Gasteiger partial charge in [-0.15, -0.1) is 12.3 Å². The first-order valence-electron chi connectivity index (χ1n) is 7.40. The normalized spacial score (nSPS) is 23.5. The zero-order valence-electron chi connectivity index (χ0n) is 13.8. The Bertz CT molecular complexity index is 690. The maximum absolute atomic E-state index is 13.5. The second-order valence-corrected chi connectivity index (χ2v) is 5.53. The Hall–Kier alpha value is -2.44. The molecule has 10 heteroatoms. The quantitative estimate of drug-likeness (QED) is 0.400. The zero-order chi connectivity index (χ0) is 20.3.